The van der Waals surface area contributed by atoms with Crippen molar-refractivity contribution in [2.24, 2.45) is 0 Å². The number of aliphatic hydroxyl groups is 1. The first-order valence-electron chi connectivity index (χ1n) is 5.16. The van der Waals surface area contributed by atoms with E-state index in [1.807, 2.05) is 6.92 Å². The molecule has 0 aliphatic carbocycles. The first kappa shape index (κ1) is 15.4. The second-order valence-electron chi connectivity index (χ2n) is 3.58. The van der Waals surface area contributed by atoms with Gasteiger partial charge in [0.15, 0.2) is 0 Å². The Morgan fingerprint density at radius 1 is 1.44 bits per heavy atom. The zero-order valence-corrected chi connectivity index (χ0v) is 9.48. The van der Waals surface area contributed by atoms with Gasteiger partial charge in [-0.25, -0.2) is 0 Å². The standard InChI is InChI=1S/C10H19F3N2O/c1-3-14-6-9(2)7-15(4-5-16)8-10(11,12)13/h14,16H,2-8H2,1H3. The van der Waals surface area contributed by atoms with Crippen LogP contribution in [-0.4, -0.2) is 55.5 Å². The van der Waals surface area contributed by atoms with Crippen LogP contribution in [-0.2, 0) is 0 Å². The third-order valence-electron chi connectivity index (χ3n) is 1.89. The Labute approximate surface area is 93.9 Å². The summed E-state index contributed by atoms with van der Waals surface area (Å²) in [6.07, 6.45) is -4.24. The van der Waals surface area contributed by atoms with E-state index in [2.05, 4.69) is 11.9 Å². The zero-order valence-electron chi connectivity index (χ0n) is 9.48. The number of hydrogen-bond acceptors (Lipinski definition) is 3. The van der Waals surface area contributed by atoms with Crippen molar-refractivity contribution in [3.8, 4) is 0 Å². The highest BCUT2D eigenvalue weighted by Gasteiger charge is 2.30. The van der Waals surface area contributed by atoms with Crippen LogP contribution in [0.4, 0.5) is 13.2 Å². The summed E-state index contributed by atoms with van der Waals surface area (Å²) in [5.74, 6) is 0. The number of rotatable bonds is 8. The first-order chi connectivity index (χ1) is 7.39. The van der Waals surface area contributed by atoms with E-state index in [-0.39, 0.29) is 19.7 Å². The lowest BCUT2D eigenvalue weighted by molar-refractivity contribution is -0.145. The number of alkyl halides is 3. The highest BCUT2D eigenvalue weighted by atomic mass is 19.4. The molecule has 0 atom stereocenters. The molecule has 0 bridgehead atoms. The number of nitrogens with one attached hydrogen (secondary N) is 1. The lowest BCUT2D eigenvalue weighted by Gasteiger charge is -2.23. The van der Waals surface area contributed by atoms with Crippen LogP contribution in [0.2, 0.25) is 0 Å². The Bertz CT molecular complexity index is 207. The highest BCUT2D eigenvalue weighted by Crippen LogP contribution is 2.16. The van der Waals surface area contributed by atoms with Crippen molar-refractivity contribution in [2.45, 2.75) is 13.1 Å². The summed E-state index contributed by atoms with van der Waals surface area (Å²) in [5.41, 5.74) is 0.680. The van der Waals surface area contributed by atoms with E-state index >= 15 is 0 Å². The van der Waals surface area contributed by atoms with Gasteiger partial charge in [-0.3, -0.25) is 4.90 Å². The van der Waals surface area contributed by atoms with Gasteiger partial charge in [-0.1, -0.05) is 13.5 Å². The van der Waals surface area contributed by atoms with Crippen LogP contribution >= 0.6 is 0 Å². The van der Waals surface area contributed by atoms with Crippen LogP contribution in [0.1, 0.15) is 6.92 Å². The quantitative estimate of drug-likeness (QED) is 0.622. The maximum Gasteiger partial charge on any atom is 0.401 e. The van der Waals surface area contributed by atoms with E-state index < -0.39 is 12.7 Å². The lowest BCUT2D eigenvalue weighted by Crippen LogP contribution is -2.38. The minimum atomic E-state index is -4.24. The number of aliphatic hydroxyl groups excluding tert-OH is 1. The Hall–Kier alpha value is -0.590. The van der Waals surface area contributed by atoms with Crippen molar-refractivity contribution in [3.63, 3.8) is 0 Å². The molecule has 0 aromatic rings. The van der Waals surface area contributed by atoms with Crippen LogP contribution in [0.15, 0.2) is 12.2 Å². The normalized spacial score (nSPS) is 12.1. The second-order valence-corrected chi connectivity index (χ2v) is 3.58. The van der Waals surface area contributed by atoms with Gasteiger partial charge in [-0.2, -0.15) is 13.2 Å². The average molecular weight is 240 g/mol. The molecule has 0 rings (SSSR count). The average Bonchev–Trinajstić information content (AvgIpc) is 2.12. The monoisotopic (exact) mass is 240 g/mol. The molecule has 0 radical (unpaired) electrons. The van der Waals surface area contributed by atoms with E-state index in [0.717, 1.165) is 11.4 Å². The van der Waals surface area contributed by atoms with Crippen LogP contribution in [0.5, 0.6) is 0 Å². The Kier molecular flexibility index (Phi) is 7.36. The Balaban J connectivity index is 4.06. The smallest absolute Gasteiger partial charge is 0.395 e. The van der Waals surface area contributed by atoms with E-state index in [0.29, 0.717) is 12.1 Å². The molecule has 16 heavy (non-hydrogen) atoms. The molecule has 0 unspecified atom stereocenters. The summed E-state index contributed by atoms with van der Waals surface area (Å²) in [5, 5.41) is 11.7. The number of nitrogens with zero attached hydrogens (tertiary/aromatic N) is 1. The summed E-state index contributed by atoms with van der Waals surface area (Å²) in [6.45, 7) is 5.70. The fourth-order valence-electron chi connectivity index (χ4n) is 1.28. The molecule has 0 aliphatic heterocycles. The fraction of sp³-hybridized carbons (Fsp3) is 0.800. The Morgan fingerprint density at radius 2 is 2.06 bits per heavy atom. The van der Waals surface area contributed by atoms with Gasteiger partial charge in [0, 0.05) is 19.6 Å². The van der Waals surface area contributed by atoms with Gasteiger partial charge in [0.05, 0.1) is 13.2 Å². The van der Waals surface area contributed by atoms with Crippen LogP contribution < -0.4 is 5.32 Å². The molecule has 0 saturated carbocycles. The number of likely N-dealkylation sites (N-methyl/N-ethyl adjacent to an activating group) is 1. The SMILES string of the molecule is C=C(CNCC)CN(CCO)CC(F)(F)F. The van der Waals surface area contributed by atoms with Crippen molar-refractivity contribution in [2.75, 3.05) is 39.3 Å². The van der Waals surface area contributed by atoms with Gasteiger partial charge in [0.25, 0.3) is 0 Å². The van der Waals surface area contributed by atoms with Gasteiger partial charge in [0.1, 0.15) is 0 Å². The predicted molar refractivity (Wildman–Crippen MR) is 57.3 cm³/mol. The third-order valence-corrected chi connectivity index (χ3v) is 1.89. The van der Waals surface area contributed by atoms with E-state index in [9.17, 15) is 13.2 Å². The molecule has 0 aliphatic rings. The second kappa shape index (κ2) is 7.65. The minimum absolute atomic E-state index is 0.00462. The van der Waals surface area contributed by atoms with Gasteiger partial charge in [-0.15, -0.1) is 0 Å². The minimum Gasteiger partial charge on any atom is -0.395 e. The third kappa shape index (κ3) is 8.70. The molecule has 96 valence electrons. The molecule has 0 aromatic carbocycles. The van der Waals surface area contributed by atoms with Crippen LogP contribution in [0.3, 0.4) is 0 Å². The summed E-state index contributed by atoms with van der Waals surface area (Å²) in [6, 6.07) is 0. The number of halogens is 3. The summed E-state index contributed by atoms with van der Waals surface area (Å²) >= 11 is 0. The van der Waals surface area contributed by atoms with Crippen LogP contribution in [0.25, 0.3) is 0 Å². The molecule has 0 fully saturated rings. The molecule has 2 N–H and O–H groups in total. The maximum atomic E-state index is 12.2. The molecular formula is C10H19F3N2O. The van der Waals surface area contributed by atoms with Gasteiger partial charge in [0.2, 0.25) is 0 Å². The van der Waals surface area contributed by atoms with Gasteiger partial charge >= 0.3 is 6.18 Å². The molecule has 0 spiro atoms. The summed E-state index contributed by atoms with van der Waals surface area (Å²) < 4.78 is 36.5. The topological polar surface area (TPSA) is 35.5 Å². The fourth-order valence-corrected chi connectivity index (χ4v) is 1.28. The first-order valence-corrected chi connectivity index (χ1v) is 5.16. The number of hydrogen-bond donors (Lipinski definition) is 2. The molecule has 0 saturated heterocycles. The maximum absolute atomic E-state index is 12.2. The molecule has 3 nitrogen and oxygen atoms in total. The van der Waals surface area contributed by atoms with Crippen molar-refractivity contribution >= 4 is 0 Å². The molecule has 0 aromatic heterocycles. The largest absolute Gasteiger partial charge is 0.401 e. The van der Waals surface area contributed by atoms with Crippen LogP contribution in [0, 0.1) is 0 Å². The summed E-state index contributed by atoms with van der Waals surface area (Å²) in [4.78, 5) is 1.14. The van der Waals surface area contributed by atoms with Crippen molar-refractivity contribution in [1.29, 1.82) is 0 Å². The molecule has 0 heterocycles. The lowest BCUT2D eigenvalue weighted by atomic mass is 10.2. The molecular weight excluding hydrogens is 221 g/mol. The molecule has 0 amide bonds. The van der Waals surface area contributed by atoms with Crippen molar-refractivity contribution in [1.82, 2.24) is 10.2 Å². The Morgan fingerprint density at radius 3 is 2.50 bits per heavy atom. The highest BCUT2D eigenvalue weighted by molar-refractivity contribution is 4.99. The van der Waals surface area contributed by atoms with Gasteiger partial charge in [-0.05, 0) is 12.1 Å². The van der Waals surface area contributed by atoms with Crippen molar-refractivity contribution < 1.29 is 18.3 Å². The predicted octanol–water partition coefficient (Wildman–Crippen LogP) is 1.01. The van der Waals surface area contributed by atoms with E-state index in [1.165, 1.54) is 0 Å². The van der Waals surface area contributed by atoms with E-state index in [1.54, 1.807) is 0 Å². The zero-order chi connectivity index (χ0) is 12.6. The summed E-state index contributed by atoms with van der Waals surface area (Å²) in [7, 11) is 0. The van der Waals surface area contributed by atoms with E-state index in [4.69, 9.17) is 5.11 Å². The van der Waals surface area contributed by atoms with Gasteiger partial charge < -0.3 is 10.4 Å². The molecule has 6 heteroatoms. The van der Waals surface area contributed by atoms with Crippen molar-refractivity contribution in [3.05, 3.63) is 12.2 Å².